The first-order valence-electron chi connectivity index (χ1n) is 8.83. The molecule has 2 atom stereocenters. The van der Waals surface area contributed by atoms with Gasteiger partial charge in [0.15, 0.2) is 5.60 Å². The largest absolute Gasteiger partial charge is 0.376 e. The van der Waals surface area contributed by atoms with Crippen molar-refractivity contribution in [2.45, 2.75) is 11.6 Å². The monoisotopic (exact) mass is 370 g/mol. The third-order valence-corrected chi connectivity index (χ3v) is 4.70. The van der Waals surface area contributed by atoms with E-state index in [-0.39, 0.29) is 5.56 Å². The van der Waals surface area contributed by atoms with Gasteiger partial charge >= 0.3 is 0 Å². The molecule has 6 nitrogen and oxygen atoms in total. The van der Waals surface area contributed by atoms with Crippen LogP contribution in [0.2, 0.25) is 0 Å². The van der Waals surface area contributed by atoms with E-state index in [1.165, 1.54) is 17.0 Å². The van der Waals surface area contributed by atoms with Crippen LogP contribution in [0.4, 0.5) is 0 Å². The maximum Gasteiger partial charge on any atom is 0.269 e. The minimum absolute atomic E-state index is 0.332. The van der Waals surface area contributed by atoms with Crippen molar-refractivity contribution in [3.63, 3.8) is 0 Å². The van der Waals surface area contributed by atoms with E-state index in [2.05, 4.69) is 15.0 Å². The second-order valence-corrected chi connectivity index (χ2v) is 6.36. The van der Waals surface area contributed by atoms with Gasteiger partial charge in [0, 0.05) is 31.0 Å². The Morgan fingerprint density at radius 1 is 0.857 bits per heavy atom. The molecule has 1 N–H and O–H groups in total. The van der Waals surface area contributed by atoms with E-state index >= 15 is 0 Å². The van der Waals surface area contributed by atoms with Gasteiger partial charge in [-0.3, -0.25) is 19.7 Å². The minimum atomic E-state index is -1.61. The molecule has 4 aromatic rings. The quantitative estimate of drug-likeness (QED) is 0.584. The van der Waals surface area contributed by atoms with Gasteiger partial charge in [-0.1, -0.05) is 42.5 Å². The Morgan fingerprint density at radius 3 is 2.32 bits per heavy atom. The maximum atomic E-state index is 12.7. The van der Waals surface area contributed by atoms with Crippen LogP contribution < -0.4 is 5.56 Å². The smallest absolute Gasteiger partial charge is 0.269 e. The summed E-state index contributed by atoms with van der Waals surface area (Å²) in [4.78, 5) is 25.2. The number of pyridine rings is 2. The standard InChI is InChI=1S/C22H18N4O2/c27-20-16-24-13-14-26(20)21(17-7-6-11-23-15-17)22(28,18-8-2-1-3-9-18)19-10-4-5-12-25-19/h1-16,21,28H. The number of aliphatic hydroxyl groups is 1. The first kappa shape index (κ1) is 17.8. The molecule has 3 aromatic heterocycles. The lowest BCUT2D eigenvalue weighted by molar-refractivity contribution is 0.0325. The molecule has 4 rings (SSSR count). The summed E-state index contributed by atoms with van der Waals surface area (Å²) in [6.45, 7) is 0. The predicted molar refractivity (Wildman–Crippen MR) is 105 cm³/mol. The van der Waals surface area contributed by atoms with Crippen molar-refractivity contribution >= 4 is 0 Å². The Kier molecular flexibility index (Phi) is 4.78. The molecule has 0 amide bonds. The van der Waals surface area contributed by atoms with Gasteiger partial charge in [0.1, 0.15) is 6.04 Å². The summed E-state index contributed by atoms with van der Waals surface area (Å²) < 4.78 is 1.46. The summed E-state index contributed by atoms with van der Waals surface area (Å²) in [6, 6.07) is 17.4. The molecule has 1 aromatic carbocycles. The lowest BCUT2D eigenvalue weighted by Gasteiger charge is -2.37. The summed E-state index contributed by atoms with van der Waals surface area (Å²) in [5.41, 5.74) is -0.226. The predicted octanol–water partition coefficient (Wildman–Crippen LogP) is 2.56. The zero-order valence-electron chi connectivity index (χ0n) is 15.0. The van der Waals surface area contributed by atoms with E-state index in [4.69, 9.17) is 0 Å². The summed E-state index contributed by atoms with van der Waals surface area (Å²) >= 11 is 0. The minimum Gasteiger partial charge on any atom is -0.376 e. The van der Waals surface area contributed by atoms with Gasteiger partial charge in [0.2, 0.25) is 0 Å². The fourth-order valence-corrected chi connectivity index (χ4v) is 3.44. The number of hydrogen-bond acceptors (Lipinski definition) is 5. The van der Waals surface area contributed by atoms with Gasteiger partial charge in [0.25, 0.3) is 5.56 Å². The summed E-state index contributed by atoms with van der Waals surface area (Å²) in [6.07, 6.45) is 9.24. The summed E-state index contributed by atoms with van der Waals surface area (Å²) in [7, 11) is 0. The van der Waals surface area contributed by atoms with Crippen molar-refractivity contribution in [1.82, 2.24) is 19.5 Å². The van der Waals surface area contributed by atoms with E-state index in [1.807, 2.05) is 42.5 Å². The highest BCUT2D eigenvalue weighted by Gasteiger charge is 2.44. The average molecular weight is 370 g/mol. The molecule has 0 bridgehead atoms. The van der Waals surface area contributed by atoms with Gasteiger partial charge in [-0.25, -0.2) is 0 Å². The van der Waals surface area contributed by atoms with Crippen LogP contribution in [0, 0.1) is 0 Å². The zero-order valence-corrected chi connectivity index (χ0v) is 15.0. The van der Waals surface area contributed by atoms with E-state index in [9.17, 15) is 9.90 Å². The van der Waals surface area contributed by atoms with Crippen LogP contribution in [0.5, 0.6) is 0 Å². The highest BCUT2D eigenvalue weighted by molar-refractivity contribution is 5.38. The van der Waals surface area contributed by atoms with Gasteiger partial charge in [-0.2, -0.15) is 0 Å². The highest BCUT2D eigenvalue weighted by atomic mass is 16.3. The zero-order chi connectivity index (χ0) is 19.4. The Labute approximate surface area is 161 Å². The number of benzene rings is 1. The Balaban J connectivity index is 2.06. The molecule has 0 spiro atoms. The van der Waals surface area contributed by atoms with Crippen molar-refractivity contribution < 1.29 is 5.11 Å². The van der Waals surface area contributed by atoms with Crippen LogP contribution in [-0.4, -0.2) is 24.6 Å². The van der Waals surface area contributed by atoms with E-state index < -0.39 is 11.6 Å². The van der Waals surface area contributed by atoms with Gasteiger partial charge in [0.05, 0.1) is 11.9 Å². The summed E-state index contributed by atoms with van der Waals surface area (Å²) in [5, 5.41) is 12.2. The normalized spacial score (nSPS) is 14.2. The van der Waals surface area contributed by atoms with Crippen LogP contribution in [0.3, 0.4) is 0 Å². The third-order valence-electron chi connectivity index (χ3n) is 4.70. The maximum absolute atomic E-state index is 12.7. The fraction of sp³-hybridized carbons (Fsp3) is 0.0909. The first-order valence-corrected chi connectivity index (χ1v) is 8.83. The highest BCUT2D eigenvalue weighted by Crippen LogP contribution is 2.41. The lowest BCUT2D eigenvalue weighted by Crippen LogP contribution is -2.43. The molecule has 0 aliphatic rings. The molecule has 0 saturated heterocycles. The molecule has 2 unspecified atom stereocenters. The van der Waals surface area contributed by atoms with Gasteiger partial charge in [-0.15, -0.1) is 0 Å². The Morgan fingerprint density at radius 2 is 1.64 bits per heavy atom. The number of nitrogens with zero attached hydrogens (tertiary/aromatic N) is 4. The van der Waals surface area contributed by atoms with Crippen LogP contribution >= 0.6 is 0 Å². The SMILES string of the molecule is O=c1cnccn1C(c1cccnc1)C(O)(c1ccccc1)c1ccccn1. The van der Waals surface area contributed by atoms with Crippen molar-refractivity contribution in [1.29, 1.82) is 0 Å². The Bertz CT molecular complexity index is 1060. The molecule has 0 fully saturated rings. The van der Waals surface area contributed by atoms with Gasteiger partial charge in [-0.05, 0) is 29.3 Å². The van der Waals surface area contributed by atoms with Crippen LogP contribution in [0.25, 0.3) is 0 Å². The van der Waals surface area contributed by atoms with Crippen molar-refractivity contribution in [2.75, 3.05) is 0 Å². The first-order chi connectivity index (χ1) is 13.7. The molecule has 3 heterocycles. The lowest BCUT2D eigenvalue weighted by atomic mass is 9.79. The average Bonchev–Trinajstić information content (AvgIpc) is 2.77. The molecule has 0 saturated carbocycles. The van der Waals surface area contributed by atoms with E-state index in [0.717, 1.165) is 0 Å². The van der Waals surface area contributed by atoms with E-state index in [1.54, 1.807) is 43.0 Å². The van der Waals surface area contributed by atoms with Crippen LogP contribution in [0.1, 0.15) is 22.9 Å². The van der Waals surface area contributed by atoms with Gasteiger partial charge < -0.3 is 9.67 Å². The third kappa shape index (κ3) is 3.10. The summed E-state index contributed by atoms with van der Waals surface area (Å²) in [5.74, 6) is 0. The number of hydrogen-bond donors (Lipinski definition) is 1. The molecule has 0 aliphatic heterocycles. The topological polar surface area (TPSA) is 80.9 Å². The van der Waals surface area contributed by atoms with Crippen molar-refractivity contribution in [2.24, 2.45) is 0 Å². The molecular formula is C22H18N4O2. The van der Waals surface area contributed by atoms with Crippen LogP contribution in [-0.2, 0) is 5.60 Å². The van der Waals surface area contributed by atoms with Crippen molar-refractivity contribution in [3.8, 4) is 0 Å². The fourth-order valence-electron chi connectivity index (χ4n) is 3.44. The molecule has 6 heteroatoms. The molecule has 0 radical (unpaired) electrons. The molecular weight excluding hydrogens is 352 g/mol. The van der Waals surface area contributed by atoms with Crippen LogP contribution in [0.15, 0.2) is 103 Å². The molecule has 28 heavy (non-hydrogen) atoms. The second kappa shape index (κ2) is 7.54. The molecule has 138 valence electrons. The number of aromatic nitrogens is 4. The number of rotatable bonds is 5. The van der Waals surface area contributed by atoms with E-state index in [0.29, 0.717) is 16.8 Å². The molecule has 0 aliphatic carbocycles. The van der Waals surface area contributed by atoms with Crippen molar-refractivity contribution in [3.05, 3.63) is 125 Å². The second-order valence-electron chi connectivity index (χ2n) is 6.36. The Hall–Kier alpha value is -3.64.